The van der Waals surface area contributed by atoms with E-state index in [1.807, 2.05) is 24.6 Å². The van der Waals surface area contributed by atoms with Crippen LogP contribution in [-0.2, 0) is 13.0 Å². The van der Waals surface area contributed by atoms with Crippen LogP contribution in [0, 0.1) is 18.7 Å². The van der Waals surface area contributed by atoms with E-state index in [0.29, 0.717) is 23.7 Å². The third-order valence-corrected chi connectivity index (χ3v) is 7.20. The van der Waals surface area contributed by atoms with Gasteiger partial charge < -0.3 is 10.5 Å². The van der Waals surface area contributed by atoms with Crippen molar-refractivity contribution < 1.29 is 9.13 Å². The number of aryl methyl sites for hydroxylation is 1. The molecule has 1 saturated carbocycles. The van der Waals surface area contributed by atoms with Crippen LogP contribution in [0.2, 0.25) is 0 Å². The van der Waals surface area contributed by atoms with E-state index in [1.54, 1.807) is 23.6 Å². The number of nitrogens with zero attached hydrogens (tertiary/aromatic N) is 5. The Bertz CT molecular complexity index is 1380. The summed E-state index contributed by atoms with van der Waals surface area (Å²) >= 11 is 1.63. The van der Waals surface area contributed by atoms with E-state index in [-0.39, 0.29) is 11.6 Å². The molecule has 0 amide bonds. The predicted molar refractivity (Wildman–Crippen MR) is 124 cm³/mol. The summed E-state index contributed by atoms with van der Waals surface area (Å²) in [5.74, 6) is 1.05. The largest absolute Gasteiger partial charge is 0.482 e. The highest BCUT2D eigenvalue weighted by molar-refractivity contribution is 7.12. The minimum absolute atomic E-state index is 0.286. The Morgan fingerprint density at radius 2 is 2.12 bits per heavy atom. The molecule has 7 nitrogen and oxygen atoms in total. The second-order valence-electron chi connectivity index (χ2n) is 8.79. The lowest BCUT2D eigenvalue weighted by molar-refractivity contribution is 0.227. The Hall–Kier alpha value is -3.33. The summed E-state index contributed by atoms with van der Waals surface area (Å²) in [7, 11) is 0. The maximum absolute atomic E-state index is 14.3. The molecule has 4 aromatic rings. The number of pyridine rings is 1. The molecule has 2 bridgehead atoms. The topological polar surface area (TPSA) is 91.7 Å². The van der Waals surface area contributed by atoms with Crippen molar-refractivity contribution in [1.29, 1.82) is 0 Å². The highest BCUT2D eigenvalue weighted by Gasteiger charge is 2.28. The maximum atomic E-state index is 14.3. The monoisotopic (exact) mass is 462 g/mol. The number of anilines is 1. The van der Waals surface area contributed by atoms with Gasteiger partial charge in [0.25, 0.3) is 0 Å². The number of hydrogen-bond acceptors (Lipinski definition) is 7. The molecule has 0 unspecified atom stereocenters. The summed E-state index contributed by atoms with van der Waals surface area (Å²) in [6.45, 7) is 4.70. The molecular weight excluding hydrogens is 439 g/mol. The molecule has 1 aliphatic heterocycles. The third-order valence-electron chi connectivity index (χ3n) is 6.23. The number of benzene rings is 1. The Kier molecular flexibility index (Phi) is 4.69. The summed E-state index contributed by atoms with van der Waals surface area (Å²) < 4.78 is 22.5. The lowest BCUT2D eigenvalue weighted by atomic mass is 9.97. The van der Waals surface area contributed by atoms with Gasteiger partial charge >= 0.3 is 0 Å². The van der Waals surface area contributed by atoms with Crippen molar-refractivity contribution in [2.24, 2.45) is 5.92 Å². The molecule has 1 fully saturated rings. The number of hydrogen-bond donors (Lipinski definition) is 1. The predicted octanol–water partition coefficient (Wildman–Crippen LogP) is 4.95. The fourth-order valence-corrected chi connectivity index (χ4v) is 5.38. The van der Waals surface area contributed by atoms with Crippen LogP contribution in [0.5, 0.6) is 5.75 Å². The normalized spacial score (nSPS) is 17.2. The first-order chi connectivity index (χ1) is 16.0. The van der Waals surface area contributed by atoms with Crippen molar-refractivity contribution in [3.05, 3.63) is 57.4 Å². The van der Waals surface area contributed by atoms with E-state index in [1.165, 1.54) is 25.0 Å². The first-order valence-electron chi connectivity index (χ1n) is 11.1. The zero-order chi connectivity index (χ0) is 22.7. The van der Waals surface area contributed by atoms with Crippen LogP contribution in [0.3, 0.4) is 0 Å². The molecule has 1 aromatic carbocycles. The van der Waals surface area contributed by atoms with Gasteiger partial charge in [-0.25, -0.2) is 19.0 Å². The van der Waals surface area contributed by atoms with Gasteiger partial charge in [-0.05, 0) is 56.9 Å². The van der Waals surface area contributed by atoms with Gasteiger partial charge in [0.1, 0.15) is 11.9 Å². The maximum Gasteiger partial charge on any atom is 0.166 e. The fraction of sp³-hybridized carbons (Fsp3) is 0.333. The molecule has 0 radical (unpaired) electrons. The van der Waals surface area contributed by atoms with Crippen LogP contribution >= 0.6 is 11.3 Å². The van der Waals surface area contributed by atoms with E-state index in [9.17, 15) is 4.39 Å². The first-order valence-corrected chi connectivity index (χ1v) is 11.9. The van der Waals surface area contributed by atoms with E-state index in [4.69, 9.17) is 15.5 Å². The molecule has 3 aromatic heterocycles. The van der Waals surface area contributed by atoms with Crippen LogP contribution in [0.4, 0.5) is 10.2 Å². The quantitative estimate of drug-likeness (QED) is 0.453. The second-order valence-corrected chi connectivity index (χ2v) is 10.1. The summed E-state index contributed by atoms with van der Waals surface area (Å²) in [5, 5.41) is 10.0. The van der Waals surface area contributed by atoms with E-state index < -0.39 is 6.10 Å². The van der Waals surface area contributed by atoms with Crippen molar-refractivity contribution in [3.63, 3.8) is 0 Å². The summed E-state index contributed by atoms with van der Waals surface area (Å²) in [5.41, 5.74) is 11.2. The first kappa shape index (κ1) is 20.3. The number of aromatic nitrogens is 5. The summed E-state index contributed by atoms with van der Waals surface area (Å²) in [6.07, 6.45) is 4.29. The number of rotatable bonds is 2. The van der Waals surface area contributed by atoms with Gasteiger partial charge in [-0.15, -0.1) is 16.4 Å². The van der Waals surface area contributed by atoms with Crippen molar-refractivity contribution in [2.75, 3.05) is 5.73 Å². The van der Waals surface area contributed by atoms with E-state index in [2.05, 4.69) is 15.3 Å². The number of thiazole rings is 1. The van der Waals surface area contributed by atoms with Crippen LogP contribution in [0.25, 0.3) is 22.5 Å². The van der Waals surface area contributed by atoms with Gasteiger partial charge in [0, 0.05) is 40.7 Å². The number of nitrogens with two attached hydrogens (primary N) is 1. The van der Waals surface area contributed by atoms with Crippen LogP contribution < -0.4 is 10.5 Å². The molecule has 33 heavy (non-hydrogen) atoms. The van der Waals surface area contributed by atoms with Crippen LogP contribution in [-0.4, -0.2) is 25.0 Å². The number of fused-ring (bicyclic) bond motifs is 7. The van der Waals surface area contributed by atoms with Gasteiger partial charge in [0.15, 0.2) is 11.6 Å². The molecule has 1 aliphatic carbocycles. The van der Waals surface area contributed by atoms with Crippen molar-refractivity contribution in [2.45, 2.75) is 45.8 Å². The number of halogens is 1. The van der Waals surface area contributed by atoms with E-state index in [0.717, 1.165) is 44.6 Å². The third kappa shape index (κ3) is 3.66. The van der Waals surface area contributed by atoms with Gasteiger partial charge in [0.2, 0.25) is 0 Å². The molecular formula is C24H23FN6OS. The lowest BCUT2D eigenvalue weighted by Gasteiger charge is -2.20. The molecule has 0 spiro atoms. The Balaban J connectivity index is 1.60. The summed E-state index contributed by atoms with van der Waals surface area (Å²) in [4.78, 5) is 10.3. The fourth-order valence-electron chi connectivity index (χ4n) is 4.43. The van der Waals surface area contributed by atoms with E-state index >= 15 is 0 Å². The van der Waals surface area contributed by atoms with Crippen molar-refractivity contribution in [1.82, 2.24) is 25.0 Å². The minimum Gasteiger partial charge on any atom is -0.482 e. The van der Waals surface area contributed by atoms with Gasteiger partial charge in [-0.1, -0.05) is 5.21 Å². The zero-order valence-electron chi connectivity index (χ0n) is 18.4. The Morgan fingerprint density at radius 3 is 2.94 bits per heavy atom. The molecule has 4 heterocycles. The van der Waals surface area contributed by atoms with Crippen LogP contribution in [0.1, 0.15) is 47.0 Å². The highest BCUT2D eigenvalue weighted by Crippen LogP contribution is 2.40. The molecule has 2 aliphatic rings. The Morgan fingerprint density at radius 1 is 1.27 bits per heavy atom. The SMILES string of the molecule is Cc1nc2c(s1)Cc1nnn(CC3CC3)c1-c1cnc(N)c(c1)O[C@H](C)c1cc(F)ccc1-2. The number of nitrogen functional groups attached to an aromatic ring is 1. The standard InChI is InChI=1S/C24H23FN6OS/c1-12-18-8-16(25)5-6-17(18)22-21(33-13(2)28-22)9-19-23(31(30-29-19)11-14-3-4-14)15-7-20(32-12)24(26)27-10-15/h5-8,10,12,14H,3-4,9,11H2,1-2H3,(H2,26,27)/t12-/m1/s1. The molecule has 1 atom stereocenters. The average Bonchev–Trinajstić information content (AvgIpc) is 3.41. The molecule has 168 valence electrons. The lowest BCUT2D eigenvalue weighted by Crippen LogP contribution is -2.10. The van der Waals surface area contributed by atoms with Crippen molar-refractivity contribution in [3.8, 4) is 28.3 Å². The second kappa shape index (κ2) is 7.62. The molecule has 9 heteroatoms. The van der Waals surface area contributed by atoms with Crippen molar-refractivity contribution >= 4 is 17.2 Å². The smallest absolute Gasteiger partial charge is 0.166 e. The molecule has 0 saturated heterocycles. The molecule has 2 N–H and O–H groups in total. The minimum atomic E-state index is -0.460. The van der Waals surface area contributed by atoms with Crippen LogP contribution in [0.15, 0.2) is 30.5 Å². The van der Waals surface area contributed by atoms with Gasteiger partial charge in [-0.2, -0.15) is 0 Å². The Labute approximate surface area is 194 Å². The average molecular weight is 463 g/mol. The number of ether oxygens (including phenoxy) is 1. The molecule has 6 rings (SSSR count). The van der Waals surface area contributed by atoms with Gasteiger partial charge in [0.05, 0.1) is 22.1 Å². The highest BCUT2D eigenvalue weighted by atomic mass is 32.1. The summed E-state index contributed by atoms with van der Waals surface area (Å²) in [6, 6.07) is 6.64. The zero-order valence-corrected chi connectivity index (χ0v) is 19.2. The van der Waals surface area contributed by atoms with Gasteiger partial charge in [-0.3, -0.25) is 0 Å².